The molecule has 1 fully saturated rings. The smallest absolute Gasteiger partial charge is 0.216 e. The molecule has 2 aromatic carbocycles. The monoisotopic (exact) mass is 446 g/mol. The average molecular weight is 447 g/mol. The molecule has 0 atom stereocenters. The molecular weight excluding hydrogens is 423 g/mol. The van der Waals surface area contributed by atoms with Gasteiger partial charge in [0.1, 0.15) is 18.2 Å². The summed E-state index contributed by atoms with van der Waals surface area (Å²) < 4.78 is 7.68. The number of rotatable bonds is 7. The van der Waals surface area contributed by atoms with E-state index in [-0.39, 0.29) is 23.7 Å². The molecule has 1 N–H and O–H groups in total. The first-order valence-electron chi connectivity index (χ1n) is 9.64. The van der Waals surface area contributed by atoms with Gasteiger partial charge in [0.15, 0.2) is 5.82 Å². The maximum Gasteiger partial charge on any atom is 0.216 e. The van der Waals surface area contributed by atoms with Gasteiger partial charge in [-0.2, -0.15) is 0 Å². The molecule has 0 aliphatic heterocycles. The van der Waals surface area contributed by atoms with Crippen LogP contribution in [-0.4, -0.2) is 33.8 Å². The number of carbonyl (C=O) groups excluding carboxylic acids is 1. The lowest BCUT2D eigenvalue weighted by atomic mass is 9.95. The van der Waals surface area contributed by atoms with E-state index in [1.54, 1.807) is 6.07 Å². The van der Waals surface area contributed by atoms with E-state index in [1.807, 2.05) is 29.8 Å². The predicted octanol–water partition coefficient (Wildman–Crippen LogP) is 4.15. The molecule has 6 nitrogen and oxygen atoms in total. The van der Waals surface area contributed by atoms with Crippen LogP contribution >= 0.6 is 24.0 Å². The van der Waals surface area contributed by atoms with Gasteiger partial charge in [-0.3, -0.25) is 4.79 Å². The largest absolute Gasteiger partial charge is 0.492 e. The zero-order valence-corrected chi connectivity index (χ0v) is 18.5. The van der Waals surface area contributed by atoms with Gasteiger partial charge in [-0.05, 0) is 36.6 Å². The molecule has 1 amide bonds. The first kappa shape index (κ1) is 22.1. The minimum atomic E-state index is -0.0796. The number of benzene rings is 2. The number of carbonyl (C=O) groups is 1. The van der Waals surface area contributed by atoms with Crippen molar-refractivity contribution in [2.45, 2.75) is 25.2 Å². The van der Waals surface area contributed by atoms with Crippen molar-refractivity contribution in [3.05, 3.63) is 64.9 Å². The maximum absolute atomic E-state index is 10.9. The fourth-order valence-corrected chi connectivity index (χ4v) is 3.92. The lowest BCUT2D eigenvalue weighted by Gasteiger charge is -2.15. The SMILES string of the molecule is CC(=O)NCCOc1ccc(-c2nnc(C3(c4ccccc4)CC3)n2C)c(Cl)c1.Cl. The van der Waals surface area contributed by atoms with Crippen LogP contribution in [0, 0.1) is 0 Å². The highest BCUT2D eigenvalue weighted by atomic mass is 35.5. The predicted molar refractivity (Wildman–Crippen MR) is 119 cm³/mol. The zero-order valence-electron chi connectivity index (χ0n) is 16.9. The minimum absolute atomic E-state index is 0. The minimum Gasteiger partial charge on any atom is -0.492 e. The van der Waals surface area contributed by atoms with Crippen molar-refractivity contribution >= 4 is 29.9 Å². The van der Waals surface area contributed by atoms with Gasteiger partial charge in [0.05, 0.1) is 17.0 Å². The van der Waals surface area contributed by atoms with Gasteiger partial charge in [0.2, 0.25) is 5.91 Å². The molecule has 30 heavy (non-hydrogen) atoms. The van der Waals surface area contributed by atoms with Crippen molar-refractivity contribution in [2.75, 3.05) is 13.2 Å². The summed E-state index contributed by atoms with van der Waals surface area (Å²) in [6, 6.07) is 16.0. The van der Waals surface area contributed by atoms with E-state index >= 15 is 0 Å². The Kier molecular flexibility index (Phi) is 6.68. The fraction of sp³-hybridized carbons (Fsp3) is 0.318. The van der Waals surface area contributed by atoms with Crippen molar-refractivity contribution < 1.29 is 9.53 Å². The van der Waals surface area contributed by atoms with Gasteiger partial charge >= 0.3 is 0 Å². The molecule has 1 aromatic heterocycles. The van der Waals surface area contributed by atoms with Crippen LogP contribution in [0.3, 0.4) is 0 Å². The molecule has 0 bridgehead atoms. The Balaban J connectivity index is 0.00000256. The Bertz CT molecular complexity index is 1030. The Hall–Kier alpha value is -2.57. The number of hydrogen-bond acceptors (Lipinski definition) is 4. The summed E-state index contributed by atoms with van der Waals surface area (Å²) in [7, 11) is 1.99. The van der Waals surface area contributed by atoms with E-state index in [1.165, 1.54) is 12.5 Å². The van der Waals surface area contributed by atoms with Crippen LogP contribution in [0.2, 0.25) is 5.02 Å². The standard InChI is InChI=1S/C22H23ClN4O2.ClH/c1-15(28)24-12-13-29-17-8-9-18(19(23)14-17)20-25-26-21(27(20)2)22(10-11-22)16-6-4-3-5-7-16;/h3-9,14H,10-13H2,1-2H3,(H,24,28);1H. The Morgan fingerprint density at radius 1 is 1.20 bits per heavy atom. The van der Waals surface area contributed by atoms with Gasteiger partial charge in [-0.15, -0.1) is 22.6 Å². The highest BCUT2D eigenvalue weighted by Crippen LogP contribution is 2.53. The summed E-state index contributed by atoms with van der Waals surface area (Å²) >= 11 is 6.52. The van der Waals surface area contributed by atoms with Gasteiger partial charge < -0.3 is 14.6 Å². The number of hydrogen-bond donors (Lipinski definition) is 1. The molecule has 1 heterocycles. The van der Waals surface area contributed by atoms with Gasteiger partial charge in [0.25, 0.3) is 0 Å². The quantitative estimate of drug-likeness (QED) is 0.553. The highest BCUT2D eigenvalue weighted by Gasteiger charge is 2.49. The molecule has 3 aromatic rings. The van der Waals surface area contributed by atoms with E-state index < -0.39 is 0 Å². The van der Waals surface area contributed by atoms with Gasteiger partial charge in [-0.25, -0.2) is 0 Å². The zero-order chi connectivity index (χ0) is 20.4. The number of halogens is 2. The molecular formula is C22H24Cl2N4O2. The van der Waals surface area contributed by atoms with Gasteiger partial charge in [-0.1, -0.05) is 41.9 Å². The average Bonchev–Trinajstić information content (AvgIpc) is 3.43. The van der Waals surface area contributed by atoms with Crippen molar-refractivity contribution in [3.8, 4) is 17.1 Å². The van der Waals surface area contributed by atoms with E-state index in [4.69, 9.17) is 16.3 Å². The molecule has 0 spiro atoms. The van der Waals surface area contributed by atoms with Crippen LogP contribution in [0.5, 0.6) is 5.75 Å². The fourth-order valence-electron chi connectivity index (χ4n) is 3.67. The third-order valence-corrected chi connectivity index (χ3v) is 5.62. The van der Waals surface area contributed by atoms with Crippen molar-refractivity contribution in [1.29, 1.82) is 0 Å². The summed E-state index contributed by atoms with van der Waals surface area (Å²) in [6.45, 7) is 2.30. The second-order valence-electron chi connectivity index (χ2n) is 7.33. The lowest BCUT2D eigenvalue weighted by Crippen LogP contribution is -2.25. The number of amides is 1. The van der Waals surface area contributed by atoms with E-state index in [2.05, 4.69) is 39.8 Å². The van der Waals surface area contributed by atoms with Crippen LogP contribution in [0.25, 0.3) is 11.4 Å². The second kappa shape index (κ2) is 9.06. The molecule has 1 aliphatic rings. The summed E-state index contributed by atoms with van der Waals surface area (Å²) in [5, 5.41) is 12.2. The van der Waals surface area contributed by atoms with Gasteiger partial charge in [0, 0.05) is 19.5 Å². The molecule has 1 aliphatic carbocycles. The van der Waals surface area contributed by atoms with Crippen molar-refractivity contribution in [1.82, 2.24) is 20.1 Å². The normalized spacial score (nSPS) is 14.0. The maximum atomic E-state index is 10.9. The van der Waals surface area contributed by atoms with Crippen LogP contribution in [0.4, 0.5) is 0 Å². The molecule has 0 saturated heterocycles. The number of nitrogens with zero attached hydrogens (tertiary/aromatic N) is 3. The van der Waals surface area contributed by atoms with Crippen LogP contribution in [0.1, 0.15) is 31.2 Å². The first-order chi connectivity index (χ1) is 14.0. The van der Waals surface area contributed by atoms with E-state index in [0.29, 0.717) is 23.9 Å². The molecule has 1 saturated carbocycles. The third-order valence-electron chi connectivity index (χ3n) is 5.31. The summed E-state index contributed by atoms with van der Waals surface area (Å²) in [5.41, 5.74) is 2.03. The first-order valence-corrected chi connectivity index (χ1v) is 10.0. The Morgan fingerprint density at radius 3 is 2.57 bits per heavy atom. The summed E-state index contributed by atoms with van der Waals surface area (Å²) in [6.07, 6.45) is 2.13. The molecule has 0 radical (unpaired) electrons. The topological polar surface area (TPSA) is 69.0 Å². The number of nitrogens with one attached hydrogen (secondary N) is 1. The number of ether oxygens (including phenoxy) is 1. The Labute approximate surface area is 187 Å². The molecule has 158 valence electrons. The second-order valence-corrected chi connectivity index (χ2v) is 7.73. The third kappa shape index (κ3) is 4.30. The summed E-state index contributed by atoms with van der Waals surface area (Å²) in [4.78, 5) is 10.9. The molecule has 0 unspecified atom stereocenters. The highest BCUT2D eigenvalue weighted by molar-refractivity contribution is 6.33. The van der Waals surface area contributed by atoms with Crippen LogP contribution in [0.15, 0.2) is 48.5 Å². The van der Waals surface area contributed by atoms with Crippen molar-refractivity contribution in [3.63, 3.8) is 0 Å². The van der Waals surface area contributed by atoms with E-state index in [0.717, 1.165) is 30.1 Å². The van der Waals surface area contributed by atoms with E-state index in [9.17, 15) is 4.79 Å². The summed E-state index contributed by atoms with van der Waals surface area (Å²) in [5.74, 6) is 2.26. The lowest BCUT2D eigenvalue weighted by molar-refractivity contribution is -0.119. The Morgan fingerprint density at radius 2 is 1.93 bits per heavy atom. The van der Waals surface area contributed by atoms with Crippen LogP contribution < -0.4 is 10.1 Å². The molecule has 4 rings (SSSR count). The molecule has 8 heteroatoms. The van der Waals surface area contributed by atoms with Crippen LogP contribution in [-0.2, 0) is 17.3 Å². The van der Waals surface area contributed by atoms with Crippen molar-refractivity contribution in [2.24, 2.45) is 7.05 Å². The number of aromatic nitrogens is 3.